The van der Waals surface area contributed by atoms with Crippen molar-refractivity contribution in [1.29, 1.82) is 0 Å². The maximum absolute atomic E-state index is 5.63. The highest BCUT2D eigenvalue weighted by molar-refractivity contribution is 5.67. The van der Waals surface area contributed by atoms with Crippen LogP contribution in [0.25, 0.3) is 11.2 Å². The summed E-state index contributed by atoms with van der Waals surface area (Å²) >= 11 is 0. The van der Waals surface area contributed by atoms with E-state index in [4.69, 9.17) is 4.42 Å². The first-order chi connectivity index (χ1) is 8.15. The van der Waals surface area contributed by atoms with Gasteiger partial charge in [-0.05, 0) is 32.0 Å². The third-order valence-electron chi connectivity index (χ3n) is 2.56. The van der Waals surface area contributed by atoms with Crippen molar-refractivity contribution in [2.45, 2.75) is 39.7 Å². The van der Waals surface area contributed by atoms with Gasteiger partial charge < -0.3 is 9.73 Å². The van der Waals surface area contributed by atoms with E-state index in [1.54, 1.807) is 0 Å². The summed E-state index contributed by atoms with van der Waals surface area (Å²) in [5.74, 6) is 0.781. The van der Waals surface area contributed by atoms with Crippen molar-refractivity contribution in [1.82, 2.24) is 15.3 Å². The van der Waals surface area contributed by atoms with Crippen molar-refractivity contribution in [2.24, 2.45) is 0 Å². The van der Waals surface area contributed by atoms with Gasteiger partial charge in [-0.15, -0.1) is 0 Å². The molecule has 0 radical (unpaired) electrons. The van der Waals surface area contributed by atoms with Gasteiger partial charge in [0.1, 0.15) is 0 Å². The second-order valence-electron chi connectivity index (χ2n) is 4.59. The highest BCUT2D eigenvalue weighted by Gasteiger charge is 2.06. The zero-order chi connectivity index (χ0) is 12.3. The molecule has 2 aromatic rings. The van der Waals surface area contributed by atoms with Gasteiger partial charge in [0.15, 0.2) is 17.1 Å². The van der Waals surface area contributed by atoms with E-state index in [1.807, 2.05) is 19.1 Å². The first kappa shape index (κ1) is 12.0. The van der Waals surface area contributed by atoms with Crippen LogP contribution in [0.3, 0.4) is 0 Å². The second kappa shape index (κ2) is 5.27. The lowest BCUT2D eigenvalue weighted by molar-refractivity contribution is 0.500. The van der Waals surface area contributed by atoms with Crippen LogP contribution < -0.4 is 5.32 Å². The van der Waals surface area contributed by atoms with Crippen molar-refractivity contribution in [2.75, 3.05) is 6.54 Å². The third-order valence-corrected chi connectivity index (χ3v) is 2.56. The molecule has 2 rings (SSSR count). The number of nitrogens with zero attached hydrogens (tertiary/aromatic N) is 2. The van der Waals surface area contributed by atoms with E-state index in [-0.39, 0.29) is 0 Å². The maximum atomic E-state index is 5.63. The van der Waals surface area contributed by atoms with Gasteiger partial charge in [-0.2, -0.15) is 4.98 Å². The third kappa shape index (κ3) is 3.27. The van der Waals surface area contributed by atoms with Crippen molar-refractivity contribution in [3.05, 3.63) is 23.7 Å². The Balaban J connectivity index is 1.95. The van der Waals surface area contributed by atoms with E-state index in [2.05, 4.69) is 29.1 Å². The lowest BCUT2D eigenvalue weighted by Crippen LogP contribution is -2.23. The summed E-state index contributed by atoms with van der Waals surface area (Å²) in [5.41, 5.74) is 2.47. The molecule has 0 atom stereocenters. The molecule has 0 aliphatic rings. The first-order valence-corrected chi connectivity index (χ1v) is 6.11. The minimum atomic E-state index is 0.531. The zero-order valence-electron chi connectivity index (χ0n) is 10.7. The van der Waals surface area contributed by atoms with E-state index in [0.717, 1.165) is 42.2 Å². The van der Waals surface area contributed by atoms with E-state index in [1.165, 1.54) is 0 Å². The fraction of sp³-hybridized carbons (Fsp3) is 0.538. The quantitative estimate of drug-likeness (QED) is 0.806. The molecule has 2 heterocycles. The van der Waals surface area contributed by atoms with Crippen LogP contribution in [0.2, 0.25) is 0 Å². The molecule has 2 aromatic heterocycles. The van der Waals surface area contributed by atoms with Crippen LogP contribution >= 0.6 is 0 Å². The smallest absolute Gasteiger partial charge is 0.199 e. The number of rotatable bonds is 5. The van der Waals surface area contributed by atoms with Gasteiger partial charge in [-0.25, -0.2) is 4.98 Å². The van der Waals surface area contributed by atoms with Gasteiger partial charge in [-0.1, -0.05) is 13.8 Å². The Morgan fingerprint density at radius 1 is 1.29 bits per heavy atom. The maximum Gasteiger partial charge on any atom is 0.199 e. The van der Waals surface area contributed by atoms with Crippen LogP contribution in [0, 0.1) is 6.92 Å². The molecule has 92 valence electrons. The summed E-state index contributed by atoms with van der Waals surface area (Å²) in [4.78, 5) is 8.72. The minimum Gasteiger partial charge on any atom is -0.439 e. The second-order valence-corrected chi connectivity index (χ2v) is 4.59. The van der Waals surface area contributed by atoms with Gasteiger partial charge in [0.25, 0.3) is 0 Å². The Labute approximate surface area is 101 Å². The molecule has 0 aromatic carbocycles. The average molecular weight is 233 g/mol. The summed E-state index contributed by atoms with van der Waals surface area (Å²) < 4.78 is 5.63. The summed E-state index contributed by atoms with van der Waals surface area (Å²) in [6.07, 6.45) is 1.89. The highest BCUT2D eigenvalue weighted by atomic mass is 16.3. The van der Waals surface area contributed by atoms with Gasteiger partial charge in [0, 0.05) is 18.2 Å². The van der Waals surface area contributed by atoms with Crippen LogP contribution in [-0.2, 0) is 6.42 Å². The van der Waals surface area contributed by atoms with Crippen molar-refractivity contribution in [3.8, 4) is 0 Å². The molecule has 1 N–H and O–H groups in total. The Kier molecular flexibility index (Phi) is 3.74. The van der Waals surface area contributed by atoms with Gasteiger partial charge in [0.05, 0.1) is 0 Å². The predicted molar refractivity (Wildman–Crippen MR) is 68.0 cm³/mol. The number of oxazole rings is 1. The molecule has 17 heavy (non-hydrogen) atoms. The monoisotopic (exact) mass is 233 g/mol. The molecule has 4 nitrogen and oxygen atoms in total. The lowest BCUT2D eigenvalue weighted by Gasteiger charge is -2.05. The molecule has 0 aliphatic carbocycles. The van der Waals surface area contributed by atoms with Gasteiger partial charge in [0.2, 0.25) is 0 Å². The number of pyridine rings is 1. The summed E-state index contributed by atoms with van der Waals surface area (Å²) in [6.45, 7) is 7.24. The molecule has 0 unspecified atom stereocenters. The Hall–Kier alpha value is -1.42. The van der Waals surface area contributed by atoms with Crippen molar-refractivity contribution < 1.29 is 4.42 Å². The summed E-state index contributed by atoms with van der Waals surface area (Å²) in [6, 6.07) is 4.40. The summed E-state index contributed by atoms with van der Waals surface area (Å²) in [5, 5.41) is 3.37. The van der Waals surface area contributed by atoms with E-state index < -0.39 is 0 Å². The first-order valence-electron chi connectivity index (χ1n) is 6.11. The van der Waals surface area contributed by atoms with Gasteiger partial charge >= 0.3 is 0 Å². The lowest BCUT2D eigenvalue weighted by atomic mass is 10.3. The van der Waals surface area contributed by atoms with Crippen molar-refractivity contribution in [3.63, 3.8) is 0 Å². The fourth-order valence-electron chi connectivity index (χ4n) is 1.70. The van der Waals surface area contributed by atoms with E-state index in [9.17, 15) is 0 Å². The molecule has 0 fully saturated rings. The van der Waals surface area contributed by atoms with Crippen LogP contribution in [0.5, 0.6) is 0 Å². The van der Waals surface area contributed by atoms with Crippen molar-refractivity contribution >= 4 is 11.2 Å². The molecular formula is C13H19N3O. The highest BCUT2D eigenvalue weighted by Crippen LogP contribution is 2.14. The van der Waals surface area contributed by atoms with E-state index in [0.29, 0.717) is 6.04 Å². The number of aromatic nitrogens is 2. The van der Waals surface area contributed by atoms with Crippen LogP contribution in [-0.4, -0.2) is 22.6 Å². The predicted octanol–water partition coefficient (Wildman–Crippen LogP) is 2.46. The fourth-order valence-corrected chi connectivity index (χ4v) is 1.70. The van der Waals surface area contributed by atoms with Gasteiger partial charge in [-0.3, -0.25) is 0 Å². The SMILES string of the molecule is Cc1ccc2oc(CCCNC(C)C)nc2n1. The van der Waals surface area contributed by atoms with Crippen LogP contribution in [0.4, 0.5) is 0 Å². The topological polar surface area (TPSA) is 51.0 Å². The Morgan fingerprint density at radius 3 is 2.88 bits per heavy atom. The molecule has 0 saturated carbocycles. The van der Waals surface area contributed by atoms with Crippen LogP contribution in [0.15, 0.2) is 16.5 Å². The standard InChI is InChI=1S/C13H19N3O/c1-9(2)14-8-4-5-12-16-13-11(17-12)7-6-10(3)15-13/h6-7,9,14H,4-5,8H2,1-3H3. The number of fused-ring (bicyclic) bond motifs is 1. The molecular weight excluding hydrogens is 214 g/mol. The normalized spacial score (nSPS) is 11.5. The molecule has 0 bridgehead atoms. The number of nitrogens with one attached hydrogen (secondary N) is 1. The average Bonchev–Trinajstić information content (AvgIpc) is 2.66. The molecule has 0 spiro atoms. The molecule has 4 heteroatoms. The number of hydrogen-bond acceptors (Lipinski definition) is 4. The number of hydrogen-bond donors (Lipinski definition) is 1. The number of aryl methyl sites for hydroxylation is 2. The molecule has 0 saturated heterocycles. The Bertz CT molecular complexity index is 490. The Morgan fingerprint density at radius 2 is 2.12 bits per heavy atom. The summed E-state index contributed by atoms with van der Waals surface area (Å²) in [7, 11) is 0. The largest absolute Gasteiger partial charge is 0.439 e. The zero-order valence-corrected chi connectivity index (χ0v) is 10.7. The van der Waals surface area contributed by atoms with Crippen LogP contribution in [0.1, 0.15) is 31.9 Å². The molecule has 0 aliphatic heterocycles. The molecule has 0 amide bonds. The minimum absolute atomic E-state index is 0.531. The van der Waals surface area contributed by atoms with E-state index >= 15 is 0 Å².